The molecular formula is C17H17ClN2O3S3. The highest BCUT2D eigenvalue weighted by atomic mass is 35.5. The molecule has 2 aromatic rings. The number of nitrogens with zero attached hydrogens (tertiary/aromatic N) is 2. The predicted octanol–water partition coefficient (Wildman–Crippen LogP) is 4.79. The smallest absolute Gasteiger partial charge is 0.273 e. The second-order valence-corrected chi connectivity index (χ2v) is 10.4. The molecule has 1 aliphatic rings. The molecule has 5 nitrogen and oxygen atoms in total. The van der Waals surface area contributed by atoms with E-state index in [2.05, 4.69) is 11.3 Å². The van der Waals surface area contributed by atoms with Crippen LogP contribution in [-0.4, -0.2) is 24.7 Å². The van der Waals surface area contributed by atoms with Crippen molar-refractivity contribution in [1.82, 2.24) is 0 Å². The molecule has 0 bridgehead atoms. The summed E-state index contributed by atoms with van der Waals surface area (Å²) in [7, 11) is -3.92. The van der Waals surface area contributed by atoms with Crippen molar-refractivity contribution in [2.24, 2.45) is 4.40 Å². The molecule has 0 aliphatic carbocycles. The largest absolute Gasteiger partial charge is 0.294 e. The third kappa shape index (κ3) is 4.14. The quantitative estimate of drug-likeness (QED) is 0.663. The van der Waals surface area contributed by atoms with Crippen LogP contribution >= 0.6 is 34.7 Å². The van der Waals surface area contributed by atoms with Crippen LogP contribution in [0.1, 0.15) is 26.2 Å². The van der Waals surface area contributed by atoms with E-state index in [4.69, 9.17) is 11.6 Å². The first kappa shape index (κ1) is 19.4. The number of carbonyl (C=O) groups is 1. The van der Waals surface area contributed by atoms with Crippen molar-refractivity contribution in [2.75, 3.05) is 4.90 Å². The number of thioether (sulfide) groups is 1. The van der Waals surface area contributed by atoms with Crippen LogP contribution in [0.3, 0.4) is 0 Å². The standard InChI is InChI=1S/C17H17ClN2O3S3/c1-2-3-9-13-16(21)20(12-7-5-4-6-8-12)17(24-13)19-26(22,23)15-11-10-14(18)25-15/h4-8,10-11,13H,2-3,9H2,1H3/b19-17+. The molecule has 1 saturated heterocycles. The summed E-state index contributed by atoms with van der Waals surface area (Å²) in [5.74, 6) is -0.132. The van der Waals surface area contributed by atoms with Crippen molar-refractivity contribution in [3.8, 4) is 0 Å². The van der Waals surface area contributed by atoms with Gasteiger partial charge >= 0.3 is 0 Å². The van der Waals surface area contributed by atoms with Gasteiger partial charge in [0, 0.05) is 0 Å². The van der Waals surface area contributed by atoms with Crippen molar-refractivity contribution in [3.05, 3.63) is 46.8 Å². The lowest BCUT2D eigenvalue weighted by molar-refractivity contribution is -0.117. The van der Waals surface area contributed by atoms with Gasteiger partial charge in [-0.2, -0.15) is 8.42 Å². The number of carbonyl (C=O) groups excluding carboxylic acids is 1. The maximum Gasteiger partial charge on any atom is 0.294 e. The molecule has 1 amide bonds. The first-order valence-electron chi connectivity index (χ1n) is 8.08. The van der Waals surface area contributed by atoms with Crippen molar-refractivity contribution in [2.45, 2.75) is 35.6 Å². The molecule has 1 atom stereocenters. The average Bonchev–Trinajstić information content (AvgIpc) is 3.18. The van der Waals surface area contributed by atoms with Gasteiger partial charge in [-0.1, -0.05) is 61.3 Å². The second kappa shape index (κ2) is 8.12. The van der Waals surface area contributed by atoms with Gasteiger partial charge in [-0.05, 0) is 30.7 Å². The molecule has 0 spiro atoms. The second-order valence-electron chi connectivity index (χ2n) is 5.67. The fourth-order valence-electron chi connectivity index (χ4n) is 2.50. The minimum Gasteiger partial charge on any atom is -0.273 e. The van der Waals surface area contributed by atoms with E-state index in [0.29, 0.717) is 16.4 Å². The molecule has 1 aliphatic heterocycles. The maximum absolute atomic E-state index is 12.9. The van der Waals surface area contributed by atoms with E-state index in [0.717, 1.165) is 24.2 Å². The summed E-state index contributed by atoms with van der Waals surface area (Å²) < 4.78 is 29.6. The molecule has 1 unspecified atom stereocenters. The highest BCUT2D eigenvalue weighted by molar-refractivity contribution is 8.16. The number of thiophene rings is 1. The van der Waals surface area contributed by atoms with Crippen LogP contribution in [0.5, 0.6) is 0 Å². The van der Waals surface area contributed by atoms with Crippen LogP contribution in [0.25, 0.3) is 0 Å². The van der Waals surface area contributed by atoms with Gasteiger partial charge in [0.15, 0.2) is 5.17 Å². The van der Waals surface area contributed by atoms with Crippen LogP contribution in [0.2, 0.25) is 4.34 Å². The molecule has 1 aromatic heterocycles. The lowest BCUT2D eigenvalue weighted by atomic mass is 10.2. The minimum atomic E-state index is -3.92. The molecule has 1 aromatic carbocycles. The van der Waals surface area contributed by atoms with E-state index < -0.39 is 10.0 Å². The zero-order chi connectivity index (χ0) is 18.7. The fourth-order valence-corrected chi connectivity index (χ4v) is 6.35. The number of halogens is 1. The summed E-state index contributed by atoms with van der Waals surface area (Å²) in [4.78, 5) is 14.3. The molecule has 26 heavy (non-hydrogen) atoms. The van der Waals surface area contributed by atoms with Gasteiger partial charge in [0.2, 0.25) is 5.91 Å². The molecule has 3 rings (SSSR count). The Morgan fingerprint density at radius 3 is 2.54 bits per heavy atom. The van der Waals surface area contributed by atoms with Crippen molar-refractivity contribution in [1.29, 1.82) is 0 Å². The van der Waals surface area contributed by atoms with Gasteiger partial charge in [-0.3, -0.25) is 9.69 Å². The number of sulfonamides is 1. The highest BCUT2D eigenvalue weighted by Crippen LogP contribution is 2.36. The van der Waals surface area contributed by atoms with Crippen LogP contribution in [-0.2, 0) is 14.8 Å². The number of unbranched alkanes of at least 4 members (excludes halogenated alkanes) is 1. The number of rotatable bonds is 6. The summed E-state index contributed by atoms with van der Waals surface area (Å²) in [5, 5.41) is -0.136. The Kier molecular flexibility index (Phi) is 6.06. The van der Waals surface area contributed by atoms with E-state index in [1.54, 1.807) is 24.3 Å². The average molecular weight is 429 g/mol. The summed E-state index contributed by atoms with van der Waals surface area (Å²) in [5.41, 5.74) is 0.613. The number of hydrogen-bond donors (Lipinski definition) is 0. The Balaban J connectivity index is 2.00. The third-order valence-electron chi connectivity index (χ3n) is 3.77. The first-order valence-corrected chi connectivity index (χ1v) is 11.6. The van der Waals surface area contributed by atoms with Crippen molar-refractivity contribution >= 4 is 61.5 Å². The van der Waals surface area contributed by atoms with Gasteiger partial charge in [0.1, 0.15) is 4.21 Å². The van der Waals surface area contributed by atoms with E-state index in [9.17, 15) is 13.2 Å². The predicted molar refractivity (Wildman–Crippen MR) is 109 cm³/mol. The third-order valence-corrected chi connectivity index (χ3v) is 8.06. The van der Waals surface area contributed by atoms with Gasteiger partial charge < -0.3 is 0 Å². The van der Waals surface area contributed by atoms with E-state index >= 15 is 0 Å². The summed E-state index contributed by atoms with van der Waals surface area (Å²) in [6.45, 7) is 2.05. The molecule has 0 radical (unpaired) electrons. The van der Waals surface area contributed by atoms with E-state index in [-0.39, 0.29) is 20.5 Å². The molecule has 0 saturated carbocycles. The Bertz CT molecular complexity index is 926. The first-order chi connectivity index (χ1) is 12.4. The Morgan fingerprint density at radius 2 is 1.92 bits per heavy atom. The molecule has 2 heterocycles. The van der Waals surface area contributed by atoms with E-state index in [1.807, 2.05) is 6.07 Å². The van der Waals surface area contributed by atoms with Gasteiger partial charge in [0.25, 0.3) is 10.0 Å². The van der Waals surface area contributed by atoms with Gasteiger partial charge in [0.05, 0.1) is 15.3 Å². The monoisotopic (exact) mass is 428 g/mol. The lowest BCUT2D eigenvalue weighted by Gasteiger charge is -2.16. The number of hydrogen-bond acceptors (Lipinski definition) is 5. The molecular weight excluding hydrogens is 412 g/mol. The topological polar surface area (TPSA) is 66.8 Å². The van der Waals surface area contributed by atoms with Crippen LogP contribution < -0.4 is 4.90 Å². The van der Waals surface area contributed by atoms with Gasteiger partial charge in [-0.15, -0.1) is 15.7 Å². The minimum absolute atomic E-state index is 0.0630. The number of anilines is 1. The fraction of sp³-hybridized carbons (Fsp3) is 0.294. The number of amides is 1. The van der Waals surface area contributed by atoms with Crippen LogP contribution in [0.15, 0.2) is 51.1 Å². The molecule has 1 fully saturated rings. The van der Waals surface area contributed by atoms with Gasteiger partial charge in [-0.25, -0.2) is 0 Å². The number of amidine groups is 1. The van der Waals surface area contributed by atoms with Crippen molar-refractivity contribution in [3.63, 3.8) is 0 Å². The Morgan fingerprint density at radius 1 is 1.19 bits per heavy atom. The van der Waals surface area contributed by atoms with Crippen molar-refractivity contribution < 1.29 is 13.2 Å². The van der Waals surface area contributed by atoms with Crippen LogP contribution in [0.4, 0.5) is 5.69 Å². The lowest BCUT2D eigenvalue weighted by Crippen LogP contribution is -2.32. The SMILES string of the molecule is CCCCC1S/C(=N/S(=O)(=O)c2ccc(Cl)s2)N(c2ccccc2)C1=O. The highest BCUT2D eigenvalue weighted by Gasteiger charge is 2.39. The zero-order valence-corrected chi connectivity index (χ0v) is 17.2. The van der Waals surface area contributed by atoms with E-state index in [1.165, 1.54) is 28.8 Å². The zero-order valence-electron chi connectivity index (χ0n) is 14.0. The molecule has 138 valence electrons. The number of para-hydroxylation sites is 1. The summed E-state index contributed by atoms with van der Waals surface area (Å²) >= 11 is 8.00. The summed E-state index contributed by atoms with van der Waals surface area (Å²) in [6.07, 6.45) is 2.55. The number of benzene rings is 1. The Labute approximate surface area is 166 Å². The molecule has 9 heteroatoms. The summed E-state index contributed by atoms with van der Waals surface area (Å²) in [6, 6.07) is 11.9. The molecule has 0 N–H and O–H groups in total. The maximum atomic E-state index is 12.9. The normalized spacial score (nSPS) is 19.5. The Hall–Kier alpha value is -1.35. The van der Waals surface area contributed by atoms with Crippen LogP contribution in [0, 0.1) is 0 Å².